The van der Waals surface area contributed by atoms with Crippen LogP contribution in [0.4, 0.5) is 19.0 Å². The predicted octanol–water partition coefficient (Wildman–Crippen LogP) is 2.55. The molecule has 0 saturated heterocycles. The van der Waals surface area contributed by atoms with Gasteiger partial charge in [-0.05, 0) is 32.1 Å². The van der Waals surface area contributed by atoms with Gasteiger partial charge in [0, 0.05) is 26.2 Å². The van der Waals surface area contributed by atoms with Crippen LogP contribution in [-0.2, 0) is 17.9 Å². The Bertz CT molecular complexity index is 872. The molecule has 0 unspecified atom stereocenters. The zero-order chi connectivity index (χ0) is 23.2. The molecule has 2 aromatic heterocycles. The molecule has 0 aromatic carbocycles. The van der Waals surface area contributed by atoms with Crippen molar-refractivity contribution in [2.75, 3.05) is 11.9 Å². The molecule has 2 N–H and O–H groups in total. The number of anilines is 1. The van der Waals surface area contributed by atoms with Gasteiger partial charge in [-0.2, -0.15) is 18.3 Å². The van der Waals surface area contributed by atoms with Crippen molar-refractivity contribution in [3.8, 4) is 0 Å². The molecule has 1 saturated carbocycles. The molecular weight excluding hydrogens is 415 g/mol. The normalized spacial score (nSPS) is 18.0. The molecule has 2 heterocycles. The Labute approximate surface area is 178 Å². The number of hydrogen-bond donors (Lipinski definition) is 1. The Morgan fingerprint density at radius 3 is 2.55 bits per heavy atom. The van der Waals surface area contributed by atoms with E-state index in [0.717, 1.165) is 37.3 Å². The second-order valence-electron chi connectivity index (χ2n) is 7.67. The van der Waals surface area contributed by atoms with Crippen molar-refractivity contribution in [2.24, 2.45) is 17.6 Å². The number of aryl methyl sites for hydroxylation is 2. The molecule has 0 aliphatic heterocycles. The van der Waals surface area contributed by atoms with Crippen molar-refractivity contribution >= 4 is 18.1 Å². The monoisotopic (exact) mass is 443 g/mol. The van der Waals surface area contributed by atoms with E-state index in [1.54, 1.807) is 11.9 Å². The number of alkyl halides is 3. The number of aromatic nitrogens is 5. The van der Waals surface area contributed by atoms with Crippen LogP contribution in [0, 0.1) is 18.8 Å². The number of hydrogen-bond acceptors (Lipinski definition) is 5. The summed E-state index contributed by atoms with van der Waals surface area (Å²) >= 11 is 0. The summed E-state index contributed by atoms with van der Waals surface area (Å²) in [7, 11) is 1.74. The molecule has 2 aromatic rings. The maximum Gasteiger partial charge on any atom is 0.391 e. The van der Waals surface area contributed by atoms with Gasteiger partial charge in [-0.25, -0.2) is 9.67 Å². The van der Waals surface area contributed by atoms with Gasteiger partial charge in [-0.3, -0.25) is 14.3 Å². The van der Waals surface area contributed by atoms with E-state index in [2.05, 4.69) is 22.1 Å². The minimum Gasteiger partial charge on any atom is -0.363 e. The third-order valence-corrected chi connectivity index (χ3v) is 5.02. The highest BCUT2D eigenvalue weighted by Gasteiger charge is 2.47. The molecular formula is C19H28F3N7O2. The van der Waals surface area contributed by atoms with Crippen LogP contribution < -0.4 is 10.6 Å². The topological polar surface area (TPSA) is 112 Å². The lowest BCUT2D eigenvalue weighted by atomic mass is 9.74. The Morgan fingerprint density at radius 1 is 1.35 bits per heavy atom. The van der Waals surface area contributed by atoms with Gasteiger partial charge in [0.15, 0.2) is 0 Å². The van der Waals surface area contributed by atoms with Gasteiger partial charge in [0.05, 0.1) is 11.6 Å². The van der Waals surface area contributed by atoms with E-state index in [9.17, 15) is 22.8 Å². The first-order chi connectivity index (χ1) is 14.5. The number of halogens is 3. The minimum atomic E-state index is -4.10. The highest BCUT2D eigenvalue weighted by molar-refractivity contribution is 5.88. The van der Waals surface area contributed by atoms with Crippen molar-refractivity contribution in [3.05, 3.63) is 23.9 Å². The summed E-state index contributed by atoms with van der Waals surface area (Å²) in [6, 6.07) is 1.92. The zero-order valence-corrected chi connectivity index (χ0v) is 17.8. The molecule has 1 aliphatic carbocycles. The third kappa shape index (κ3) is 6.79. The van der Waals surface area contributed by atoms with E-state index < -0.39 is 18.0 Å². The number of carbonyl (C=O) groups excluding carboxylic acids is 2. The second-order valence-corrected chi connectivity index (χ2v) is 7.67. The molecule has 31 heavy (non-hydrogen) atoms. The molecule has 0 radical (unpaired) electrons. The molecule has 1 aliphatic rings. The smallest absolute Gasteiger partial charge is 0.363 e. The highest BCUT2D eigenvalue weighted by Crippen LogP contribution is 2.45. The summed E-state index contributed by atoms with van der Waals surface area (Å²) in [5, 5.41) is 8.10. The molecule has 3 rings (SSSR count). The van der Waals surface area contributed by atoms with Crippen LogP contribution in [0.3, 0.4) is 0 Å². The Kier molecular flexibility index (Phi) is 8.17. The molecule has 0 spiro atoms. The first-order valence-electron chi connectivity index (χ1n) is 10.0. The van der Waals surface area contributed by atoms with E-state index in [1.807, 2.05) is 17.7 Å². The van der Waals surface area contributed by atoms with Gasteiger partial charge >= 0.3 is 6.18 Å². The van der Waals surface area contributed by atoms with E-state index in [0.29, 0.717) is 6.54 Å². The Morgan fingerprint density at radius 2 is 2.03 bits per heavy atom. The van der Waals surface area contributed by atoms with Crippen LogP contribution in [0.5, 0.6) is 0 Å². The predicted molar refractivity (Wildman–Crippen MR) is 107 cm³/mol. The summed E-state index contributed by atoms with van der Waals surface area (Å²) < 4.78 is 39.9. The van der Waals surface area contributed by atoms with Gasteiger partial charge in [0.1, 0.15) is 12.1 Å². The van der Waals surface area contributed by atoms with Crippen molar-refractivity contribution in [1.82, 2.24) is 24.5 Å². The van der Waals surface area contributed by atoms with Crippen molar-refractivity contribution < 1.29 is 22.8 Å². The van der Waals surface area contributed by atoms with Crippen molar-refractivity contribution in [3.63, 3.8) is 0 Å². The van der Waals surface area contributed by atoms with Crippen LogP contribution in [0.25, 0.3) is 0 Å². The number of primary amides is 1. The summed E-state index contributed by atoms with van der Waals surface area (Å²) in [6.45, 7) is 5.29. The average Bonchev–Trinajstić information content (AvgIpc) is 3.28. The number of carbonyl (C=O) groups is 2. The standard InChI is InChI=1S/C10H17N3O.C9H11F3N4O/c1-4-5-6-13-10(12(3)8-14)7-9(2)11-13;10-9(11,12)6-1-5(2-6)3-16-4-14-8(15-16)7(13)17/h7-8H,4-6H2,1-3H3;4-6H,1-3H2,(H2,13,17). The molecule has 172 valence electrons. The number of nitrogens with two attached hydrogens (primary N) is 1. The lowest BCUT2D eigenvalue weighted by molar-refractivity contribution is -0.205. The molecule has 9 nitrogen and oxygen atoms in total. The average molecular weight is 443 g/mol. The summed E-state index contributed by atoms with van der Waals surface area (Å²) in [5.74, 6) is -1.26. The number of unbranched alkanes of at least 4 members (excludes halogenated alkanes) is 1. The first kappa shape index (κ1) is 24.4. The van der Waals surface area contributed by atoms with Gasteiger partial charge in [-0.1, -0.05) is 13.3 Å². The van der Waals surface area contributed by atoms with Gasteiger partial charge < -0.3 is 10.6 Å². The lowest BCUT2D eigenvalue weighted by Crippen LogP contribution is -2.37. The molecule has 12 heteroatoms. The number of nitrogens with zero attached hydrogens (tertiary/aromatic N) is 6. The minimum absolute atomic E-state index is 0.0657. The molecule has 0 atom stereocenters. The number of rotatable bonds is 8. The fraction of sp³-hybridized carbons (Fsp3) is 0.632. The largest absolute Gasteiger partial charge is 0.391 e. The van der Waals surface area contributed by atoms with Crippen LogP contribution in [0.15, 0.2) is 12.4 Å². The van der Waals surface area contributed by atoms with Gasteiger partial charge in [0.25, 0.3) is 5.91 Å². The number of amides is 2. The Hall–Kier alpha value is -2.92. The quantitative estimate of drug-likeness (QED) is 0.630. The molecule has 2 amide bonds. The zero-order valence-electron chi connectivity index (χ0n) is 17.8. The first-order valence-corrected chi connectivity index (χ1v) is 10.0. The van der Waals surface area contributed by atoms with Crippen LogP contribution in [-0.4, -0.2) is 50.1 Å². The Balaban J connectivity index is 0.000000225. The SMILES string of the molecule is CCCCn1nc(C)cc1N(C)C=O.NC(=O)c1ncn(CC2CC(C(F)(F)F)C2)n1. The van der Waals surface area contributed by atoms with Crippen LogP contribution >= 0.6 is 0 Å². The summed E-state index contributed by atoms with van der Waals surface area (Å²) in [4.78, 5) is 26.5. The van der Waals surface area contributed by atoms with E-state index >= 15 is 0 Å². The highest BCUT2D eigenvalue weighted by atomic mass is 19.4. The van der Waals surface area contributed by atoms with Crippen molar-refractivity contribution in [1.29, 1.82) is 0 Å². The summed E-state index contributed by atoms with van der Waals surface area (Å²) in [5.41, 5.74) is 5.91. The fourth-order valence-corrected chi connectivity index (χ4v) is 3.25. The molecule has 0 bridgehead atoms. The second kappa shape index (κ2) is 10.4. The third-order valence-electron chi connectivity index (χ3n) is 5.02. The van der Waals surface area contributed by atoms with Crippen LogP contribution in [0.2, 0.25) is 0 Å². The van der Waals surface area contributed by atoms with E-state index in [4.69, 9.17) is 5.73 Å². The van der Waals surface area contributed by atoms with Gasteiger partial charge in [0.2, 0.25) is 12.2 Å². The van der Waals surface area contributed by atoms with E-state index in [1.165, 1.54) is 11.0 Å². The van der Waals surface area contributed by atoms with Gasteiger partial charge in [-0.15, -0.1) is 5.10 Å². The van der Waals surface area contributed by atoms with Crippen LogP contribution in [0.1, 0.15) is 48.9 Å². The maximum absolute atomic E-state index is 12.2. The molecule has 1 fully saturated rings. The van der Waals surface area contributed by atoms with E-state index in [-0.39, 0.29) is 24.6 Å². The lowest BCUT2D eigenvalue weighted by Gasteiger charge is -2.36. The summed E-state index contributed by atoms with van der Waals surface area (Å²) in [6.07, 6.45) is 0.436. The van der Waals surface area contributed by atoms with Crippen molar-refractivity contribution in [2.45, 2.75) is 58.8 Å². The fourth-order valence-electron chi connectivity index (χ4n) is 3.25. The maximum atomic E-state index is 12.2.